The zero-order valence-electron chi connectivity index (χ0n) is 19.4. The molecule has 1 fully saturated rings. The van der Waals surface area contributed by atoms with Gasteiger partial charge in [0, 0.05) is 44.1 Å². The fraction of sp³-hybridized carbons (Fsp3) is 0.304. The highest BCUT2D eigenvalue weighted by Crippen LogP contribution is 2.31. The third-order valence-electron chi connectivity index (χ3n) is 5.59. The van der Waals surface area contributed by atoms with E-state index in [2.05, 4.69) is 30.4 Å². The highest BCUT2D eigenvalue weighted by molar-refractivity contribution is 5.86. The molecule has 0 spiro atoms. The molecule has 2 aromatic heterocycles. The summed E-state index contributed by atoms with van der Waals surface area (Å²) in [6, 6.07) is 8.77. The van der Waals surface area contributed by atoms with Gasteiger partial charge < -0.3 is 30.9 Å². The van der Waals surface area contributed by atoms with Gasteiger partial charge in [-0.05, 0) is 18.2 Å². The summed E-state index contributed by atoms with van der Waals surface area (Å²) >= 11 is 0. The Bertz CT molecular complexity index is 1220. The van der Waals surface area contributed by atoms with Gasteiger partial charge in [-0.1, -0.05) is 12.1 Å². The topological polar surface area (TPSA) is 180 Å². The number of amides is 1. The van der Waals surface area contributed by atoms with Crippen LogP contribution in [0, 0.1) is 0 Å². The van der Waals surface area contributed by atoms with Crippen molar-refractivity contribution in [3.8, 4) is 23.0 Å². The highest BCUT2D eigenvalue weighted by Gasteiger charge is 2.22. The van der Waals surface area contributed by atoms with E-state index in [1.54, 1.807) is 18.2 Å². The predicted octanol–water partition coefficient (Wildman–Crippen LogP) is 0.237. The number of phenols is 1. The molecule has 0 bridgehead atoms. The van der Waals surface area contributed by atoms with Gasteiger partial charge in [0.15, 0.2) is 5.82 Å². The first-order valence-corrected chi connectivity index (χ1v) is 11.2. The van der Waals surface area contributed by atoms with E-state index in [4.69, 9.17) is 15.6 Å². The van der Waals surface area contributed by atoms with Gasteiger partial charge in [0.1, 0.15) is 12.4 Å². The van der Waals surface area contributed by atoms with Crippen LogP contribution in [0.25, 0.3) is 11.3 Å². The van der Waals surface area contributed by atoms with Gasteiger partial charge in [0.25, 0.3) is 0 Å². The van der Waals surface area contributed by atoms with E-state index in [-0.39, 0.29) is 42.9 Å². The summed E-state index contributed by atoms with van der Waals surface area (Å²) in [7, 11) is 0. The summed E-state index contributed by atoms with van der Waals surface area (Å²) in [6.45, 7) is 3.26. The first kappa shape index (κ1) is 24.6. The molecule has 0 radical (unpaired) electrons. The summed E-state index contributed by atoms with van der Waals surface area (Å²) in [5.74, 6) is -0.830. The number of para-hydroxylation sites is 1. The lowest BCUT2D eigenvalue weighted by Gasteiger charge is -2.36. The number of nitrogen functional groups attached to an aromatic ring is 1. The number of hydrogen-bond acceptors (Lipinski definition) is 11. The Kier molecular flexibility index (Phi) is 7.70. The predicted molar refractivity (Wildman–Crippen MR) is 130 cm³/mol. The number of piperazine rings is 1. The molecule has 4 rings (SSSR count). The van der Waals surface area contributed by atoms with Gasteiger partial charge in [0.05, 0.1) is 30.0 Å². The van der Waals surface area contributed by atoms with Crippen molar-refractivity contribution < 1.29 is 24.5 Å². The molecule has 13 heteroatoms. The summed E-state index contributed by atoms with van der Waals surface area (Å²) in [6.07, 6.45) is 2.32. The van der Waals surface area contributed by atoms with Crippen LogP contribution in [0.5, 0.6) is 11.8 Å². The first-order chi connectivity index (χ1) is 17.4. The molecule has 1 aromatic carbocycles. The number of carbonyl (C=O) groups excluding carboxylic acids is 1. The molecule has 188 valence electrons. The third-order valence-corrected chi connectivity index (χ3v) is 5.59. The number of ether oxygens (including phenoxy) is 1. The van der Waals surface area contributed by atoms with Crippen molar-refractivity contribution in [2.24, 2.45) is 0 Å². The number of carbonyl (C=O) groups is 2. The number of aromatic carboxylic acids is 1. The number of nitrogens with zero attached hydrogens (tertiary/aromatic N) is 6. The standard InChI is InChI=1S/C23H26N8O5/c24-21-18(11-17(28-29-21)16-3-1-2-4-19(16)32)31-8-6-30(7-9-31)14-20(33)25-5-10-36-23-26-12-15(13-27-23)22(34)35/h1-4,11-13,32H,5-10,14H2,(H2,24,29)(H,25,33)(H,34,35). The number of hydrogen-bond donors (Lipinski definition) is 4. The Morgan fingerprint density at radius 3 is 2.50 bits per heavy atom. The lowest BCUT2D eigenvalue weighted by molar-refractivity contribution is -0.122. The van der Waals surface area contributed by atoms with Crippen LogP contribution in [0.4, 0.5) is 11.5 Å². The molecule has 1 aliphatic rings. The fourth-order valence-electron chi connectivity index (χ4n) is 3.71. The second kappa shape index (κ2) is 11.3. The maximum Gasteiger partial charge on any atom is 0.338 e. The summed E-state index contributed by atoms with van der Waals surface area (Å²) < 4.78 is 5.32. The number of nitrogens with two attached hydrogens (primary N) is 1. The molecule has 13 nitrogen and oxygen atoms in total. The smallest absolute Gasteiger partial charge is 0.338 e. The fourth-order valence-corrected chi connectivity index (χ4v) is 3.71. The van der Waals surface area contributed by atoms with E-state index in [0.29, 0.717) is 43.3 Å². The van der Waals surface area contributed by atoms with E-state index in [1.807, 2.05) is 17.0 Å². The Morgan fingerprint density at radius 2 is 1.81 bits per heavy atom. The number of nitrogens with one attached hydrogen (secondary N) is 1. The average Bonchev–Trinajstić information content (AvgIpc) is 2.88. The van der Waals surface area contributed by atoms with Gasteiger partial charge in [0.2, 0.25) is 5.91 Å². The number of anilines is 2. The quantitative estimate of drug-likeness (QED) is 0.298. The third kappa shape index (κ3) is 6.13. The Morgan fingerprint density at radius 1 is 1.08 bits per heavy atom. The van der Waals surface area contributed by atoms with Crippen LogP contribution < -0.4 is 20.7 Å². The van der Waals surface area contributed by atoms with Crippen molar-refractivity contribution in [3.63, 3.8) is 0 Å². The number of aromatic nitrogens is 4. The number of carboxylic acid groups (broad SMARTS) is 1. The molecule has 1 saturated heterocycles. The molecule has 0 aliphatic carbocycles. The van der Waals surface area contributed by atoms with E-state index in [9.17, 15) is 14.7 Å². The normalized spacial score (nSPS) is 13.8. The van der Waals surface area contributed by atoms with Crippen LogP contribution in [-0.2, 0) is 4.79 Å². The Labute approximate surface area is 206 Å². The van der Waals surface area contributed by atoms with Crippen LogP contribution in [0.2, 0.25) is 0 Å². The van der Waals surface area contributed by atoms with E-state index >= 15 is 0 Å². The number of benzene rings is 1. The van der Waals surface area contributed by atoms with Crippen LogP contribution in [0.1, 0.15) is 10.4 Å². The minimum atomic E-state index is -1.12. The second-order valence-corrected chi connectivity index (χ2v) is 8.04. The van der Waals surface area contributed by atoms with Crippen molar-refractivity contribution in [1.29, 1.82) is 0 Å². The monoisotopic (exact) mass is 494 g/mol. The van der Waals surface area contributed by atoms with Gasteiger partial charge >= 0.3 is 12.0 Å². The minimum Gasteiger partial charge on any atom is -0.507 e. The number of rotatable bonds is 9. The molecule has 1 aliphatic heterocycles. The Hall–Kier alpha value is -4.52. The number of carboxylic acids is 1. The molecule has 3 aromatic rings. The SMILES string of the molecule is Nc1nnc(-c2ccccc2O)cc1N1CCN(CC(=O)NCCOc2ncc(C(=O)O)cn2)CC1. The average molecular weight is 495 g/mol. The largest absolute Gasteiger partial charge is 0.507 e. The molecule has 5 N–H and O–H groups in total. The van der Waals surface area contributed by atoms with Crippen LogP contribution in [0.15, 0.2) is 42.7 Å². The van der Waals surface area contributed by atoms with Gasteiger partial charge in [-0.25, -0.2) is 14.8 Å². The van der Waals surface area contributed by atoms with Gasteiger partial charge in [-0.2, -0.15) is 0 Å². The maximum absolute atomic E-state index is 12.3. The Balaban J connectivity index is 1.22. The molecule has 0 atom stereocenters. The zero-order valence-corrected chi connectivity index (χ0v) is 19.4. The minimum absolute atomic E-state index is 0.0328. The molecule has 36 heavy (non-hydrogen) atoms. The summed E-state index contributed by atoms with van der Waals surface area (Å²) in [4.78, 5) is 34.8. The second-order valence-electron chi connectivity index (χ2n) is 8.04. The van der Waals surface area contributed by atoms with Crippen molar-refractivity contribution in [3.05, 3.63) is 48.3 Å². The zero-order chi connectivity index (χ0) is 25.5. The summed E-state index contributed by atoms with van der Waals surface area (Å²) in [5, 5.41) is 29.9. The number of phenolic OH excluding ortho intramolecular Hbond substituents is 1. The lowest BCUT2D eigenvalue weighted by atomic mass is 10.1. The van der Waals surface area contributed by atoms with Gasteiger partial charge in [-0.15, -0.1) is 10.2 Å². The molecular weight excluding hydrogens is 468 g/mol. The number of aromatic hydroxyl groups is 1. The van der Waals surface area contributed by atoms with E-state index < -0.39 is 5.97 Å². The van der Waals surface area contributed by atoms with Crippen LogP contribution in [-0.4, -0.2) is 93.0 Å². The van der Waals surface area contributed by atoms with E-state index in [1.165, 1.54) is 0 Å². The summed E-state index contributed by atoms with van der Waals surface area (Å²) in [5.41, 5.74) is 7.90. The molecule has 1 amide bonds. The van der Waals surface area contributed by atoms with Crippen LogP contribution in [0.3, 0.4) is 0 Å². The first-order valence-electron chi connectivity index (χ1n) is 11.2. The molecule has 3 heterocycles. The molecular formula is C23H26N8O5. The van der Waals surface area contributed by atoms with Crippen LogP contribution >= 0.6 is 0 Å². The van der Waals surface area contributed by atoms with Gasteiger partial charge in [-0.3, -0.25) is 9.69 Å². The molecule has 0 saturated carbocycles. The lowest BCUT2D eigenvalue weighted by Crippen LogP contribution is -2.50. The van der Waals surface area contributed by atoms with Crippen molar-refractivity contribution in [1.82, 2.24) is 30.4 Å². The highest BCUT2D eigenvalue weighted by atomic mass is 16.5. The van der Waals surface area contributed by atoms with Crippen molar-refractivity contribution in [2.45, 2.75) is 0 Å². The maximum atomic E-state index is 12.3. The van der Waals surface area contributed by atoms with Crippen molar-refractivity contribution >= 4 is 23.4 Å². The molecule has 0 unspecified atom stereocenters. The van der Waals surface area contributed by atoms with Crippen molar-refractivity contribution in [2.75, 3.05) is 56.5 Å². The van der Waals surface area contributed by atoms with E-state index in [0.717, 1.165) is 18.1 Å².